The predicted octanol–water partition coefficient (Wildman–Crippen LogP) is 1.99. The van der Waals surface area contributed by atoms with E-state index in [2.05, 4.69) is 5.32 Å². The molecule has 0 saturated carbocycles. The Morgan fingerprint density at radius 1 is 1.50 bits per heavy atom. The fourth-order valence-corrected chi connectivity index (χ4v) is 5.40. The van der Waals surface area contributed by atoms with Gasteiger partial charge in [-0.2, -0.15) is 0 Å². The highest BCUT2D eigenvalue weighted by molar-refractivity contribution is 8.02. The highest BCUT2D eigenvalue weighted by atomic mass is 32.2. The lowest BCUT2D eigenvalue weighted by atomic mass is 10.2. The molecule has 20 heavy (non-hydrogen) atoms. The average Bonchev–Trinajstić information content (AvgIpc) is 2.71. The molecular weight excluding hydrogens is 301 g/mol. The van der Waals surface area contributed by atoms with E-state index < -0.39 is 9.84 Å². The molecule has 0 spiro atoms. The van der Waals surface area contributed by atoms with Gasteiger partial charge in [-0.05, 0) is 31.0 Å². The molecule has 1 amide bonds. The third kappa shape index (κ3) is 4.21. The quantitative estimate of drug-likeness (QED) is 0.922. The number of hydrogen-bond donors (Lipinski definition) is 1. The van der Waals surface area contributed by atoms with Crippen molar-refractivity contribution in [2.75, 3.05) is 22.6 Å². The first-order chi connectivity index (χ1) is 9.35. The molecule has 1 atom stereocenters. The summed E-state index contributed by atoms with van der Waals surface area (Å²) < 4.78 is 35.9. The predicted molar refractivity (Wildman–Crippen MR) is 79.3 cm³/mol. The maximum Gasteiger partial charge on any atom is 0.234 e. The lowest BCUT2D eigenvalue weighted by Gasteiger charge is -2.09. The van der Waals surface area contributed by atoms with Crippen LogP contribution < -0.4 is 5.32 Å². The molecule has 0 radical (unpaired) electrons. The first-order valence-electron chi connectivity index (χ1n) is 6.24. The van der Waals surface area contributed by atoms with Crippen LogP contribution in [-0.2, 0) is 14.6 Å². The molecule has 0 aliphatic carbocycles. The summed E-state index contributed by atoms with van der Waals surface area (Å²) >= 11 is 1.34. The summed E-state index contributed by atoms with van der Waals surface area (Å²) in [5.74, 6) is -0.0881. The Bertz CT molecular complexity index is 616. The summed E-state index contributed by atoms with van der Waals surface area (Å²) in [6.45, 7) is 1.65. The third-order valence-corrected chi connectivity index (χ3v) is 6.38. The van der Waals surface area contributed by atoms with Crippen LogP contribution in [0, 0.1) is 12.7 Å². The minimum atomic E-state index is -2.91. The standard InChI is InChI=1S/C13H16FNO3S2/c1-9-2-3-10(6-12(9)14)15-13(16)7-19-11-4-5-20(17,18)8-11/h2-3,6,11H,4-5,7-8H2,1H3,(H,15,16). The Hall–Kier alpha value is -1.08. The van der Waals surface area contributed by atoms with Gasteiger partial charge >= 0.3 is 0 Å². The van der Waals surface area contributed by atoms with Crippen LogP contribution in [0.4, 0.5) is 10.1 Å². The molecule has 1 aromatic carbocycles. The Labute approximate surface area is 122 Å². The minimum absolute atomic E-state index is 0.0134. The lowest BCUT2D eigenvalue weighted by Crippen LogP contribution is -2.17. The molecule has 1 N–H and O–H groups in total. The number of benzene rings is 1. The Balaban J connectivity index is 1.82. The molecule has 0 aromatic heterocycles. The third-order valence-electron chi connectivity index (χ3n) is 3.10. The molecule has 0 bridgehead atoms. The fourth-order valence-electron chi connectivity index (χ4n) is 1.95. The number of halogens is 1. The number of amides is 1. The number of thioether (sulfide) groups is 1. The number of rotatable bonds is 4. The van der Waals surface area contributed by atoms with Gasteiger partial charge in [0.25, 0.3) is 0 Å². The van der Waals surface area contributed by atoms with Gasteiger partial charge in [-0.25, -0.2) is 12.8 Å². The zero-order chi connectivity index (χ0) is 14.8. The second kappa shape index (κ2) is 6.13. The summed E-state index contributed by atoms with van der Waals surface area (Å²) in [6, 6.07) is 4.51. The lowest BCUT2D eigenvalue weighted by molar-refractivity contribution is -0.113. The first kappa shape index (κ1) is 15.3. The van der Waals surface area contributed by atoms with Crippen LogP contribution in [-0.4, -0.2) is 36.8 Å². The van der Waals surface area contributed by atoms with Gasteiger partial charge in [-0.15, -0.1) is 11.8 Å². The molecule has 1 aliphatic rings. The van der Waals surface area contributed by atoms with Crippen molar-refractivity contribution in [2.24, 2.45) is 0 Å². The first-order valence-corrected chi connectivity index (χ1v) is 9.11. The van der Waals surface area contributed by atoms with Gasteiger partial charge in [0.2, 0.25) is 5.91 Å². The molecule has 1 aliphatic heterocycles. The van der Waals surface area contributed by atoms with Crippen LogP contribution >= 0.6 is 11.8 Å². The van der Waals surface area contributed by atoms with E-state index >= 15 is 0 Å². The SMILES string of the molecule is Cc1ccc(NC(=O)CSC2CCS(=O)(=O)C2)cc1F. The van der Waals surface area contributed by atoms with Crippen molar-refractivity contribution in [3.63, 3.8) is 0 Å². The number of carbonyl (C=O) groups excluding carboxylic acids is 1. The summed E-state index contributed by atoms with van der Waals surface area (Å²) in [4.78, 5) is 11.7. The van der Waals surface area contributed by atoms with Crippen molar-refractivity contribution in [3.8, 4) is 0 Å². The number of nitrogens with one attached hydrogen (secondary N) is 1. The van der Waals surface area contributed by atoms with Crippen LogP contribution in [0.15, 0.2) is 18.2 Å². The molecule has 7 heteroatoms. The summed E-state index contributed by atoms with van der Waals surface area (Å²) in [7, 11) is -2.91. The van der Waals surface area contributed by atoms with Gasteiger partial charge in [0, 0.05) is 10.9 Å². The number of sulfone groups is 1. The molecule has 110 valence electrons. The van der Waals surface area contributed by atoms with Gasteiger partial charge in [-0.1, -0.05) is 6.07 Å². The van der Waals surface area contributed by atoms with E-state index in [9.17, 15) is 17.6 Å². The van der Waals surface area contributed by atoms with Crippen LogP contribution in [0.5, 0.6) is 0 Å². The number of aryl methyl sites for hydroxylation is 1. The summed E-state index contributed by atoms with van der Waals surface area (Å²) in [6.07, 6.45) is 0.597. The largest absolute Gasteiger partial charge is 0.325 e. The number of hydrogen-bond acceptors (Lipinski definition) is 4. The van der Waals surface area contributed by atoms with Crippen LogP contribution in [0.1, 0.15) is 12.0 Å². The topological polar surface area (TPSA) is 63.2 Å². The molecule has 4 nitrogen and oxygen atoms in total. The van der Waals surface area contributed by atoms with Gasteiger partial charge in [0.05, 0.1) is 17.3 Å². The second-order valence-corrected chi connectivity index (χ2v) is 8.37. The summed E-state index contributed by atoms with van der Waals surface area (Å²) in [5.41, 5.74) is 0.936. The van der Waals surface area contributed by atoms with E-state index in [1.54, 1.807) is 19.1 Å². The Morgan fingerprint density at radius 3 is 2.85 bits per heavy atom. The molecule has 1 unspecified atom stereocenters. The molecular formula is C13H16FNO3S2. The smallest absolute Gasteiger partial charge is 0.234 e. The highest BCUT2D eigenvalue weighted by Gasteiger charge is 2.28. The van der Waals surface area contributed by atoms with E-state index in [0.717, 1.165) is 0 Å². The average molecular weight is 317 g/mol. The van der Waals surface area contributed by atoms with Crippen molar-refractivity contribution in [1.82, 2.24) is 0 Å². The zero-order valence-corrected chi connectivity index (χ0v) is 12.7. The Kier molecular flexibility index (Phi) is 4.70. The van der Waals surface area contributed by atoms with Crippen molar-refractivity contribution >= 4 is 33.2 Å². The maximum atomic E-state index is 13.3. The maximum absolute atomic E-state index is 13.3. The minimum Gasteiger partial charge on any atom is -0.325 e. The van der Waals surface area contributed by atoms with Gasteiger partial charge in [0.1, 0.15) is 5.82 Å². The molecule has 1 aromatic rings. The van der Waals surface area contributed by atoms with Crippen LogP contribution in [0.3, 0.4) is 0 Å². The van der Waals surface area contributed by atoms with Gasteiger partial charge < -0.3 is 5.32 Å². The highest BCUT2D eigenvalue weighted by Crippen LogP contribution is 2.24. The van der Waals surface area contributed by atoms with E-state index in [-0.39, 0.29) is 34.2 Å². The van der Waals surface area contributed by atoms with Crippen molar-refractivity contribution in [2.45, 2.75) is 18.6 Å². The van der Waals surface area contributed by atoms with Crippen molar-refractivity contribution < 1.29 is 17.6 Å². The van der Waals surface area contributed by atoms with Crippen molar-refractivity contribution in [1.29, 1.82) is 0 Å². The summed E-state index contributed by atoms with van der Waals surface area (Å²) in [5, 5.41) is 2.59. The normalized spacial score (nSPS) is 20.8. The molecule has 1 heterocycles. The van der Waals surface area contributed by atoms with E-state index in [1.807, 2.05) is 0 Å². The van der Waals surface area contributed by atoms with Crippen molar-refractivity contribution in [3.05, 3.63) is 29.6 Å². The Morgan fingerprint density at radius 2 is 2.25 bits per heavy atom. The molecule has 1 saturated heterocycles. The molecule has 1 fully saturated rings. The number of carbonyl (C=O) groups is 1. The number of anilines is 1. The zero-order valence-electron chi connectivity index (χ0n) is 11.1. The monoisotopic (exact) mass is 317 g/mol. The molecule has 2 rings (SSSR count). The fraction of sp³-hybridized carbons (Fsp3) is 0.462. The van der Waals surface area contributed by atoms with E-state index in [0.29, 0.717) is 17.7 Å². The van der Waals surface area contributed by atoms with Crippen LogP contribution in [0.2, 0.25) is 0 Å². The second-order valence-electron chi connectivity index (χ2n) is 4.85. The van der Waals surface area contributed by atoms with Gasteiger partial charge in [0.15, 0.2) is 9.84 Å². The van der Waals surface area contributed by atoms with Gasteiger partial charge in [-0.3, -0.25) is 4.79 Å². The van der Waals surface area contributed by atoms with E-state index in [4.69, 9.17) is 0 Å². The van der Waals surface area contributed by atoms with Crippen LogP contribution in [0.25, 0.3) is 0 Å². The van der Waals surface area contributed by atoms with E-state index in [1.165, 1.54) is 17.8 Å².